The quantitative estimate of drug-likeness (QED) is 0.326. The maximum absolute atomic E-state index is 13.2. The van der Waals surface area contributed by atoms with Crippen LogP contribution in [0.5, 0.6) is 11.5 Å². The van der Waals surface area contributed by atoms with Crippen molar-refractivity contribution in [2.45, 2.75) is 37.6 Å². The van der Waals surface area contributed by atoms with E-state index in [9.17, 15) is 18.0 Å². The highest BCUT2D eigenvalue weighted by molar-refractivity contribution is 7.92. The van der Waals surface area contributed by atoms with Crippen LogP contribution in [-0.2, 0) is 32.5 Å². The van der Waals surface area contributed by atoms with E-state index < -0.39 is 10.0 Å². The Morgan fingerprint density at radius 1 is 1.05 bits per heavy atom. The lowest BCUT2D eigenvalue weighted by atomic mass is 10.1. The number of hydrogen-bond donors (Lipinski definition) is 3. The normalized spacial score (nSPS) is 16.1. The van der Waals surface area contributed by atoms with Crippen LogP contribution in [0.2, 0.25) is 0 Å². The predicted molar refractivity (Wildman–Crippen MR) is 149 cm³/mol. The van der Waals surface area contributed by atoms with Gasteiger partial charge in [0, 0.05) is 29.7 Å². The number of H-pyrrole nitrogens is 1. The number of benzene rings is 3. The molecule has 0 bridgehead atoms. The summed E-state index contributed by atoms with van der Waals surface area (Å²) in [7, 11) is -3.92. The van der Waals surface area contributed by atoms with E-state index in [0.717, 1.165) is 16.8 Å². The van der Waals surface area contributed by atoms with Crippen LogP contribution in [0.1, 0.15) is 25.0 Å². The number of hydrogen-bond acceptors (Lipinski definition) is 7. The number of fused-ring (bicyclic) bond motifs is 3. The molecule has 0 aliphatic carbocycles. The third-order valence-electron chi connectivity index (χ3n) is 6.96. The number of sulfonamides is 1. The SMILES string of the molecule is CC(=O)N1c2ccc(S(=O)(=O)Nc3ccc4[nH]nc(NC(=O)Cc5ccc6c(c5)OCCO6)c4c3)cc2CC1C. The van der Waals surface area contributed by atoms with Gasteiger partial charge in [0.15, 0.2) is 17.3 Å². The molecule has 2 aliphatic heterocycles. The van der Waals surface area contributed by atoms with Gasteiger partial charge in [-0.15, -0.1) is 0 Å². The van der Waals surface area contributed by atoms with E-state index in [4.69, 9.17) is 9.47 Å². The Labute approximate surface area is 230 Å². The molecule has 3 N–H and O–H groups in total. The minimum Gasteiger partial charge on any atom is -0.486 e. The molecular formula is C28H27N5O6S. The van der Waals surface area contributed by atoms with E-state index in [1.165, 1.54) is 13.0 Å². The molecule has 2 amide bonds. The highest BCUT2D eigenvalue weighted by Gasteiger charge is 2.30. The van der Waals surface area contributed by atoms with E-state index in [2.05, 4.69) is 20.2 Å². The van der Waals surface area contributed by atoms with Crippen molar-refractivity contribution >= 4 is 49.9 Å². The number of nitrogens with one attached hydrogen (secondary N) is 3. The number of aromatic amines is 1. The number of anilines is 3. The minimum absolute atomic E-state index is 0.0369. The van der Waals surface area contributed by atoms with Crippen molar-refractivity contribution in [3.8, 4) is 11.5 Å². The summed E-state index contributed by atoms with van der Waals surface area (Å²) in [6.45, 7) is 4.38. The number of carbonyl (C=O) groups excluding carboxylic acids is 2. The highest BCUT2D eigenvalue weighted by atomic mass is 32.2. The summed E-state index contributed by atoms with van der Waals surface area (Å²) in [4.78, 5) is 26.6. The molecule has 1 unspecified atom stereocenters. The fraction of sp³-hybridized carbons (Fsp3) is 0.250. The lowest BCUT2D eigenvalue weighted by Crippen LogP contribution is -2.33. The lowest BCUT2D eigenvalue weighted by molar-refractivity contribution is -0.117. The standard InChI is InChI=1S/C28H27N5O6S/c1-16-11-19-14-21(5-7-24(19)33(16)17(2)34)40(36,37)32-20-4-6-23-22(15-20)28(31-30-23)29-27(35)13-18-3-8-25-26(12-18)39-10-9-38-25/h3-8,12,14-16,32H,9-11,13H2,1-2H3,(H2,29,30,31,35). The number of nitrogens with zero attached hydrogens (tertiary/aromatic N) is 2. The van der Waals surface area contributed by atoms with Crippen LogP contribution in [0.3, 0.4) is 0 Å². The Balaban J connectivity index is 1.19. The van der Waals surface area contributed by atoms with Gasteiger partial charge in [-0.3, -0.25) is 19.4 Å². The van der Waals surface area contributed by atoms with Crippen molar-refractivity contribution in [2.24, 2.45) is 0 Å². The molecule has 0 saturated heterocycles. The number of aromatic nitrogens is 2. The van der Waals surface area contributed by atoms with E-state index in [-0.39, 0.29) is 35.0 Å². The molecule has 12 heteroatoms. The van der Waals surface area contributed by atoms with E-state index >= 15 is 0 Å². The number of ether oxygens (including phenoxy) is 2. The second-order valence-corrected chi connectivity index (χ2v) is 11.6. The van der Waals surface area contributed by atoms with Crippen molar-refractivity contribution in [3.63, 3.8) is 0 Å². The van der Waals surface area contributed by atoms with Crippen molar-refractivity contribution in [1.29, 1.82) is 0 Å². The Morgan fingerprint density at radius 2 is 1.85 bits per heavy atom. The topological polar surface area (TPSA) is 143 Å². The van der Waals surface area contributed by atoms with Crippen LogP contribution in [-0.4, -0.2) is 49.7 Å². The first-order valence-corrected chi connectivity index (χ1v) is 14.3. The molecule has 0 spiro atoms. The molecule has 3 aromatic carbocycles. The molecule has 40 heavy (non-hydrogen) atoms. The third-order valence-corrected chi connectivity index (χ3v) is 8.34. The molecule has 0 radical (unpaired) electrons. The van der Waals surface area contributed by atoms with Crippen LogP contribution >= 0.6 is 0 Å². The first-order chi connectivity index (χ1) is 19.2. The van der Waals surface area contributed by atoms with Crippen LogP contribution in [0.15, 0.2) is 59.5 Å². The molecule has 206 valence electrons. The molecule has 1 atom stereocenters. The molecule has 3 heterocycles. The van der Waals surface area contributed by atoms with Gasteiger partial charge >= 0.3 is 0 Å². The third kappa shape index (κ3) is 4.81. The molecule has 0 saturated carbocycles. The summed E-state index contributed by atoms with van der Waals surface area (Å²) < 4.78 is 40.2. The van der Waals surface area contributed by atoms with Gasteiger partial charge in [0.2, 0.25) is 11.8 Å². The van der Waals surface area contributed by atoms with Crippen LogP contribution in [0.25, 0.3) is 10.9 Å². The van der Waals surface area contributed by atoms with Gasteiger partial charge in [-0.25, -0.2) is 8.42 Å². The highest BCUT2D eigenvalue weighted by Crippen LogP contribution is 2.35. The van der Waals surface area contributed by atoms with Gasteiger partial charge in [0.25, 0.3) is 10.0 Å². The molecule has 6 rings (SSSR count). The Morgan fingerprint density at radius 3 is 2.65 bits per heavy atom. The van der Waals surface area contributed by atoms with E-state index in [1.807, 2.05) is 6.92 Å². The Bertz CT molecular complexity index is 1770. The maximum Gasteiger partial charge on any atom is 0.261 e. The van der Waals surface area contributed by atoms with Gasteiger partial charge in [-0.2, -0.15) is 5.10 Å². The molecule has 4 aromatic rings. The number of rotatable bonds is 6. The number of amides is 2. The van der Waals surface area contributed by atoms with E-state index in [1.54, 1.807) is 53.4 Å². The lowest BCUT2D eigenvalue weighted by Gasteiger charge is -2.20. The zero-order chi connectivity index (χ0) is 28.0. The van der Waals surface area contributed by atoms with Gasteiger partial charge in [0.05, 0.1) is 16.8 Å². The van der Waals surface area contributed by atoms with E-state index in [0.29, 0.717) is 47.7 Å². The Hall–Kier alpha value is -4.58. The fourth-order valence-corrected chi connectivity index (χ4v) is 6.30. The summed E-state index contributed by atoms with van der Waals surface area (Å²) in [5.41, 5.74) is 3.24. The first-order valence-electron chi connectivity index (χ1n) is 12.8. The minimum atomic E-state index is -3.92. The van der Waals surface area contributed by atoms with Gasteiger partial charge < -0.3 is 19.7 Å². The van der Waals surface area contributed by atoms with Crippen LogP contribution < -0.4 is 24.4 Å². The number of carbonyl (C=O) groups is 2. The van der Waals surface area contributed by atoms with Gasteiger partial charge in [-0.1, -0.05) is 6.07 Å². The molecule has 11 nitrogen and oxygen atoms in total. The summed E-state index contributed by atoms with van der Waals surface area (Å²) in [5, 5.41) is 10.4. The maximum atomic E-state index is 13.2. The zero-order valence-electron chi connectivity index (χ0n) is 21.9. The Kier molecular flexibility index (Phi) is 6.34. The fourth-order valence-electron chi connectivity index (χ4n) is 5.20. The van der Waals surface area contributed by atoms with Crippen LogP contribution in [0.4, 0.5) is 17.2 Å². The largest absolute Gasteiger partial charge is 0.486 e. The summed E-state index contributed by atoms with van der Waals surface area (Å²) in [6, 6.07) is 15.0. The molecular weight excluding hydrogens is 534 g/mol. The van der Waals surface area contributed by atoms with Crippen molar-refractivity contribution in [2.75, 3.05) is 28.2 Å². The zero-order valence-corrected chi connectivity index (χ0v) is 22.7. The first kappa shape index (κ1) is 25.7. The van der Waals surface area contributed by atoms with Crippen molar-refractivity contribution in [3.05, 3.63) is 65.7 Å². The summed E-state index contributed by atoms with van der Waals surface area (Å²) in [6.07, 6.45) is 0.671. The molecule has 1 aromatic heterocycles. The average molecular weight is 562 g/mol. The second kappa shape index (κ2) is 9.87. The van der Waals surface area contributed by atoms with Crippen molar-refractivity contribution in [1.82, 2.24) is 10.2 Å². The smallest absolute Gasteiger partial charge is 0.261 e. The second-order valence-electron chi connectivity index (χ2n) is 9.87. The van der Waals surface area contributed by atoms with Gasteiger partial charge in [-0.05, 0) is 73.0 Å². The van der Waals surface area contributed by atoms with Gasteiger partial charge in [0.1, 0.15) is 13.2 Å². The summed E-state index contributed by atoms with van der Waals surface area (Å²) >= 11 is 0. The van der Waals surface area contributed by atoms with Crippen LogP contribution in [0, 0.1) is 0 Å². The summed E-state index contributed by atoms with van der Waals surface area (Å²) in [5.74, 6) is 1.17. The molecule has 2 aliphatic rings. The molecule has 0 fully saturated rings. The average Bonchev–Trinajstić information content (AvgIpc) is 3.47. The monoisotopic (exact) mass is 561 g/mol. The van der Waals surface area contributed by atoms with Crippen molar-refractivity contribution < 1.29 is 27.5 Å². The predicted octanol–water partition coefficient (Wildman–Crippen LogP) is 3.61.